The number of nitrogens with one attached hydrogen (secondary N) is 1. The largest absolute Gasteiger partial charge is 0.507 e. The van der Waals surface area contributed by atoms with Crippen LogP contribution in [0, 0.1) is 0 Å². The Morgan fingerprint density at radius 2 is 1.73 bits per heavy atom. The van der Waals surface area contributed by atoms with Crippen LogP contribution in [0.15, 0.2) is 60.2 Å². The highest BCUT2D eigenvalue weighted by atomic mass is 16.5. The van der Waals surface area contributed by atoms with Crippen molar-refractivity contribution in [2.24, 2.45) is 0 Å². The van der Waals surface area contributed by atoms with Crippen LogP contribution in [0.2, 0.25) is 0 Å². The Bertz CT molecular complexity index is 1010. The summed E-state index contributed by atoms with van der Waals surface area (Å²) in [7, 11) is 0. The fourth-order valence-corrected chi connectivity index (χ4v) is 4.68. The molecule has 2 aromatic carbocycles. The van der Waals surface area contributed by atoms with Crippen molar-refractivity contribution < 1.29 is 24.3 Å². The van der Waals surface area contributed by atoms with Crippen molar-refractivity contribution in [3.63, 3.8) is 0 Å². The number of likely N-dealkylation sites (tertiary alicyclic amines) is 1. The number of nitrogens with zero attached hydrogens (tertiary/aromatic N) is 1. The van der Waals surface area contributed by atoms with Crippen LogP contribution < -0.4 is 4.90 Å². The predicted octanol–water partition coefficient (Wildman–Crippen LogP) is 2.54. The van der Waals surface area contributed by atoms with Crippen LogP contribution in [0.1, 0.15) is 48.9 Å². The number of ketones is 1. The van der Waals surface area contributed by atoms with Gasteiger partial charge < -0.3 is 19.6 Å². The van der Waals surface area contributed by atoms with Crippen LogP contribution in [0.25, 0.3) is 5.76 Å². The molecule has 6 heteroatoms. The summed E-state index contributed by atoms with van der Waals surface area (Å²) in [6, 6.07) is 16.4. The highest BCUT2D eigenvalue weighted by Gasteiger charge is 2.45. The van der Waals surface area contributed by atoms with E-state index in [1.54, 1.807) is 17.0 Å². The van der Waals surface area contributed by atoms with Crippen LogP contribution in [0.3, 0.4) is 0 Å². The van der Waals surface area contributed by atoms with Gasteiger partial charge in [-0.25, -0.2) is 0 Å². The quantitative estimate of drug-likeness (QED) is 0.387. The van der Waals surface area contributed by atoms with Gasteiger partial charge in [-0.15, -0.1) is 0 Å². The lowest BCUT2D eigenvalue weighted by Crippen LogP contribution is -3.14. The molecule has 0 saturated carbocycles. The molecule has 4 rings (SSSR count). The zero-order valence-electron chi connectivity index (χ0n) is 19.4. The summed E-state index contributed by atoms with van der Waals surface area (Å²) < 4.78 is 5.43. The summed E-state index contributed by atoms with van der Waals surface area (Å²) in [6.45, 7) is 9.11. The molecule has 2 heterocycles. The maximum atomic E-state index is 13.1. The van der Waals surface area contributed by atoms with Crippen LogP contribution in [0.5, 0.6) is 0 Å². The zero-order chi connectivity index (χ0) is 23.4. The average Bonchev–Trinajstić information content (AvgIpc) is 3.10. The number of amides is 1. The second-order valence-corrected chi connectivity index (χ2v) is 9.15. The third-order valence-electron chi connectivity index (χ3n) is 6.64. The van der Waals surface area contributed by atoms with Crippen molar-refractivity contribution in [1.29, 1.82) is 0 Å². The van der Waals surface area contributed by atoms with Crippen molar-refractivity contribution in [2.75, 3.05) is 39.4 Å². The van der Waals surface area contributed by atoms with Crippen molar-refractivity contribution in [2.45, 2.75) is 32.2 Å². The summed E-state index contributed by atoms with van der Waals surface area (Å²) >= 11 is 0. The van der Waals surface area contributed by atoms with E-state index in [1.165, 1.54) is 10.5 Å². The van der Waals surface area contributed by atoms with Crippen LogP contribution in [-0.2, 0) is 14.3 Å². The Balaban J connectivity index is 1.66. The standard InChI is InChI=1S/C27H32N2O4/c1-19(2)20-9-11-21(12-10-20)24-23(25(30)22-7-4-3-5-8-22)26(31)27(32)29(24)14-6-13-28-15-17-33-18-16-28/h3-5,7-12,19,24,30H,6,13-18H2,1-2H3/p+1/t24-/m1/s1. The van der Waals surface area contributed by atoms with E-state index in [4.69, 9.17) is 4.74 Å². The van der Waals surface area contributed by atoms with Gasteiger partial charge in [0.2, 0.25) is 0 Å². The van der Waals surface area contributed by atoms with Gasteiger partial charge in [-0.2, -0.15) is 0 Å². The fraction of sp³-hybridized carbons (Fsp3) is 0.407. The lowest BCUT2D eigenvalue weighted by molar-refractivity contribution is -0.908. The second-order valence-electron chi connectivity index (χ2n) is 9.15. The molecule has 0 spiro atoms. The number of Topliss-reactive ketones (excluding diaryl/α,β-unsaturated/α-hetero) is 1. The summed E-state index contributed by atoms with van der Waals surface area (Å²) in [5.74, 6) is -0.894. The number of hydrogen-bond donors (Lipinski definition) is 2. The maximum absolute atomic E-state index is 13.1. The molecule has 0 radical (unpaired) electrons. The molecule has 174 valence electrons. The van der Waals surface area contributed by atoms with Crippen LogP contribution in [-0.4, -0.2) is 61.1 Å². The maximum Gasteiger partial charge on any atom is 0.295 e. The highest BCUT2D eigenvalue weighted by molar-refractivity contribution is 6.46. The lowest BCUT2D eigenvalue weighted by atomic mass is 9.93. The summed E-state index contributed by atoms with van der Waals surface area (Å²) in [4.78, 5) is 29.3. The van der Waals surface area contributed by atoms with E-state index in [2.05, 4.69) is 13.8 Å². The minimum atomic E-state index is -0.618. The van der Waals surface area contributed by atoms with Crippen LogP contribution >= 0.6 is 0 Å². The first-order chi connectivity index (χ1) is 16.0. The average molecular weight is 450 g/mol. The minimum absolute atomic E-state index is 0.117. The molecule has 0 bridgehead atoms. The topological polar surface area (TPSA) is 71.3 Å². The van der Waals surface area contributed by atoms with E-state index in [9.17, 15) is 14.7 Å². The molecule has 1 atom stereocenters. The third kappa shape index (κ3) is 5.02. The third-order valence-corrected chi connectivity index (χ3v) is 6.64. The summed E-state index contributed by atoms with van der Waals surface area (Å²) in [5.41, 5.74) is 2.74. The normalized spacial score (nSPS) is 21.2. The van der Waals surface area contributed by atoms with E-state index in [-0.39, 0.29) is 11.3 Å². The van der Waals surface area contributed by atoms with Gasteiger partial charge in [0.1, 0.15) is 18.8 Å². The molecule has 0 unspecified atom stereocenters. The minimum Gasteiger partial charge on any atom is -0.507 e. The van der Waals surface area contributed by atoms with Gasteiger partial charge in [-0.3, -0.25) is 9.59 Å². The van der Waals surface area contributed by atoms with Gasteiger partial charge in [0.05, 0.1) is 31.4 Å². The van der Waals surface area contributed by atoms with Crippen molar-refractivity contribution in [3.8, 4) is 0 Å². The molecule has 33 heavy (non-hydrogen) atoms. The van der Waals surface area contributed by atoms with Gasteiger partial charge in [-0.05, 0) is 17.0 Å². The van der Waals surface area contributed by atoms with Gasteiger partial charge in [0.25, 0.3) is 11.7 Å². The Morgan fingerprint density at radius 3 is 2.36 bits per heavy atom. The molecule has 2 aliphatic heterocycles. The molecular formula is C27H33N2O4+. The zero-order valence-corrected chi connectivity index (χ0v) is 19.4. The Kier molecular flexibility index (Phi) is 7.26. The number of rotatable bonds is 7. The molecule has 6 nitrogen and oxygen atoms in total. The van der Waals surface area contributed by atoms with Gasteiger partial charge in [0, 0.05) is 18.5 Å². The Hall–Kier alpha value is -2.96. The number of morpholine rings is 1. The number of aliphatic hydroxyl groups excluding tert-OH is 1. The van der Waals surface area contributed by atoms with Crippen molar-refractivity contribution >= 4 is 17.4 Å². The molecule has 2 aliphatic rings. The second kappa shape index (κ2) is 10.3. The Labute approximate surface area is 195 Å². The van der Waals surface area contributed by atoms with Crippen LogP contribution in [0.4, 0.5) is 0 Å². The van der Waals surface area contributed by atoms with E-state index in [0.29, 0.717) is 18.0 Å². The monoisotopic (exact) mass is 449 g/mol. The lowest BCUT2D eigenvalue weighted by Gasteiger charge is -2.27. The van der Waals surface area contributed by atoms with Gasteiger partial charge in [-0.1, -0.05) is 68.4 Å². The molecule has 2 fully saturated rings. The fourth-order valence-electron chi connectivity index (χ4n) is 4.68. The Morgan fingerprint density at radius 1 is 1.06 bits per heavy atom. The molecule has 1 amide bonds. The number of quaternary nitrogens is 1. The molecule has 0 aromatic heterocycles. The first-order valence-electron chi connectivity index (χ1n) is 11.8. The number of benzene rings is 2. The number of carbonyl (C=O) groups is 2. The first kappa shape index (κ1) is 23.2. The summed E-state index contributed by atoms with van der Waals surface area (Å²) in [5, 5.41) is 11.1. The number of carbonyl (C=O) groups excluding carboxylic acids is 2. The smallest absolute Gasteiger partial charge is 0.295 e. The van der Waals surface area contributed by atoms with Gasteiger partial charge in [0.15, 0.2) is 0 Å². The van der Waals surface area contributed by atoms with E-state index in [1.807, 2.05) is 42.5 Å². The number of ether oxygens (including phenoxy) is 1. The molecule has 0 aliphatic carbocycles. The molecule has 2 N–H and O–H groups in total. The van der Waals surface area contributed by atoms with Gasteiger partial charge >= 0.3 is 0 Å². The van der Waals surface area contributed by atoms with Crippen molar-refractivity contribution in [3.05, 3.63) is 76.9 Å². The predicted molar refractivity (Wildman–Crippen MR) is 127 cm³/mol. The van der Waals surface area contributed by atoms with Crippen molar-refractivity contribution in [1.82, 2.24) is 4.90 Å². The van der Waals surface area contributed by atoms with E-state index < -0.39 is 17.7 Å². The molecular weight excluding hydrogens is 416 g/mol. The molecule has 2 aromatic rings. The summed E-state index contributed by atoms with van der Waals surface area (Å²) in [6.07, 6.45) is 0.786. The number of hydrogen-bond acceptors (Lipinski definition) is 4. The highest BCUT2D eigenvalue weighted by Crippen LogP contribution is 2.39. The molecule has 2 saturated heterocycles. The first-order valence-corrected chi connectivity index (χ1v) is 11.8. The SMILES string of the molecule is CC(C)c1ccc([C@@H]2C(=C(O)c3ccccc3)C(=O)C(=O)N2CCC[NH+]2CCOCC2)cc1. The van der Waals surface area contributed by atoms with E-state index in [0.717, 1.165) is 44.8 Å². The van der Waals surface area contributed by atoms with E-state index >= 15 is 0 Å². The number of aliphatic hydroxyl groups is 1.